The van der Waals surface area contributed by atoms with E-state index in [2.05, 4.69) is 16.7 Å². The zero-order valence-electron chi connectivity index (χ0n) is 16.9. The van der Waals surface area contributed by atoms with Crippen LogP contribution in [-0.4, -0.2) is 25.0 Å². The van der Waals surface area contributed by atoms with E-state index in [0.717, 1.165) is 37.2 Å². The van der Waals surface area contributed by atoms with Crippen LogP contribution in [0.3, 0.4) is 0 Å². The van der Waals surface area contributed by atoms with Crippen molar-refractivity contribution in [3.05, 3.63) is 63.7 Å². The fraction of sp³-hybridized carbons (Fsp3) is 0.435. The van der Waals surface area contributed by atoms with Gasteiger partial charge in [-0.1, -0.05) is 48.9 Å². The van der Waals surface area contributed by atoms with Crippen LogP contribution in [0.15, 0.2) is 36.4 Å². The molecule has 2 aromatic carbocycles. The molecular weight excluding hydrogens is 413 g/mol. The second-order valence-electron chi connectivity index (χ2n) is 7.91. The van der Waals surface area contributed by atoms with Crippen molar-refractivity contribution in [3.63, 3.8) is 0 Å². The van der Waals surface area contributed by atoms with E-state index in [1.807, 2.05) is 18.2 Å². The van der Waals surface area contributed by atoms with Crippen molar-refractivity contribution in [1.29, 1.82) is 0 Å². The number of carbonyl (C=O) groups excluding carboxylic acids is 1. The van der Waals surface area contributed by atoms with E-state index in [9.17, 15) is 18.0 Å². The van der Waals surface area contributed by atoms with Crippen molar-refractivity contribution >= 4 is 23.1 Å². The van der Waals surface area contributed by atoms with Crippen LogP contribution in [-0.2, 0) is 19.4 Å². The summed E-state index contributed by atoms with van der Waals surface area (Å²) < 4.78 is 37.4. The number of benzene rings is 2. The molecule has 2 N–H and O–H groups in total. The monoisotopic (exact) mass is 438 g/mol. The number of halogens is 4. The third-order valence-electron chi connectivity index (χ3n) is 5.34. The molecule has 30 heavy (non-hydrogen) atoms. The number of fused-ring (bicyclic) bond motifs is 1. The molecule has 1 heterocycles. The minimum atomic E-state index is -4.25. The number of nitrogens with one attached hydrogen (secondary N) is 2. The minimum Gasteiger partial charge on any atom is -0.380 e. The van der Waals surface area contributed by atoms with Gasteiger partial charge in [0.05, 0.1) is 10.7 Å². The van der Waals surface area contributed by atoms with Gasteiger partial charge in [0, 0.05) is 24.9 Å². The first-order valence-corrected chi connectivity index (χ1v) is 10.5. The van der Waals surface area contributed by atoms with Crippen LogP contribution in [0, 0.1) is 5.92 Å². The lowest BCUT2D eigenvalue weighted by atomic mass is 9.96. The first-order valence-electron chi connectivity index (χ1n) is 10.2. The Kier molecular flexibility index (Phi) is 7.42. The summed E-state index contributed by atoms with van der Waals surface area (Å²) in [4.78, 5) is 12.3. The van der Waals surface area contributed by atoms with Gasteiger partial charge >= 0.3 is 6.18 Å². The Morgan fingerprint density at radius 3 is 2.53 bits per heavy atom. The van der Waals surface area contributed by atoms with E-state index in [1.165, 1.54) is 18.1 Å². The van der Waals surface area contributed by atoms with Crippen LogP contribution in [0.2, 0.25) is 5.02 Å². The molecule has 1 unspecified atom stereocenters. The fourth-order valence-corrected chi connectivity index (χ4v) is 4.08. The van der Waals surface area contributed by atoms with E-state index in [-0.39, 0.29) is 12.2 Å². The van der Waals surface area contributed by atoms with Crippen LogP contribution in [0.4, 0.5) is 18.9 Å². The van der Waals surface area contributed by atoms with Crippen LogP contribution < -0.4 is 10.6 Å². The maximum absolute atomic E-state index is 12.5. The van der Waals surface area contributed by atoms with Gasteiger partial charge in [-0.25, -0.2) is 0 Å². The molecule has 0 aliphatic carbocycles. The Hall–Kier alpha value is -2.05. The van der Waals surface area contributed by atoms with E-state index in [0.29, 0.717) is 17.1 Å². The molecule has 0 saturated carbocycles. The van der Waals surface area contributed by atoms with Gasteiger partial charge in [-0.05, 0) is 54.6 Å². The molecule has 0 bridgehead atoms. The summed E-state index contributed by atoms with van der Waals surface area (Å²) in [6.07, 6.45) is -3.44. The third kappa shape index (κ3) is 6.22. The minimum absolute atomic E-state index is 0.114. The summed E-state index contributed by atoms with van der Waals surface area (Å²) in [5, 5.41) is 7.50. The van der Waals surface area contributed by atoms with Crippen molar-refractivity contribution in [2.75, 3.05) is 18.4 Å². The van der Waals surface area contributed by atoms with Crippen molar-refractivity contribution in [2.45, 2.75) is 45.3 Å². The topological polar surface area (TPSA) is 41.1 Å². The quantitative estimate of drug-likeness (QED) is 0.536. The molecule has 7 heteroatoms. The van der Waals surface area contributed by atoms with Crippen molar-refractivity contribution in [3.8, 4) is 0 Å². The van der Waals surface area contributed by atoms with Crippen molar-refractivity contribution in [2.24, 2.45) is 5.92 Å². The zero-order valence-corrected chi connectivity index (χ0v) is 17.7. The Morgan fingerprint density at radius 1 is 1.13 bits per heavy atom. The highest BCUT2D eigenvalue weighted by molar-refractivity contribution is 6.33. The molecule has 1 atom stereocenters. The van der Waals surface area contributed by atoms with Gasteiger partial charge in [-0.3, -0.25) is 4.79 Å². The molecule has 0 saturated heterocycles. The Balaban J connectivity index is 1.62. The second-order valence-corrected chi connectivity index (χ2v) is 8.32. The standard InChI is InChI=1S/C23H26ClF3N2O/c1-15(13-23(25,26)27)12-21(30)18-4-2-16(3-5-18)14-29-22-19-9-11-28-10-8-17(19)6-7-20(22)24/h2-7,15,28-29H,8-14H2,1H3. The molecule has 1 aliphatic rings. The second kappa shape index (κ2) is 9.84. The average molecular weight is 439 g/mol. The molecule has 0 spiro atoms. The molecule has 0 fully saturated rings. The number of ketones is 1. The largest absolute Gasteiger partial charge is 0.389 e. The van der Waals surface area contributed by atoms with E-state index < -0.39 is 18.5 Å². The smallest absolute Gasteiger partial charge is 0.380 e. The number of hydrogen-bond donors (Lipinski definition) is 2. The number of anilines is 1. The Labute approximate surface area is 180 Å². The highest BCUT2D eigenvalue weighted by atomic mass is 35.5. The number of hydrogen-bond acceptors (Lipinski definition) is 3. The Morgan fingerprint density at radius 2 is 1.83 bits per heavy atom. The van der Waals surface area contributed by atoms with Gasteiger partial charge in [0.25, 0.3) is 0 Å². The molecule has 1 aliphatic heterocycles. The number of rotatable bonds is 7. The van der Waals surface area contributed by atoms with E-state index >= 15 is 0 Å². The first kappa shape index (κ1) is 22.6. The Bertz CT molecular complexity index is 881. The SMILES string of the molecule is CC(CC(=O)c1ccc(CNc2c(Cl)ccc3c2CCNCC3)cc1)CC(F)(F)F. The predicted octanol–water partition coefficient (Wildman–Crippen LogP) is 5.80. The van der Waals surface area contributed by atoms with Gasteiger partial charge in [-0.2, -0.15) is 13.2 Å². The summed E-state index contributed by atoms with van der Waals surface area (Å²) in [7, 11) is 0. The maximum atomic E-state index is 12.5. The molecular formula is C23H26ClF3N2O. The number of Topliss-reactive ketones (excluding diaryl/α,β-unsaturated/α-hetero) is 1. The van der Waals surface area contributed by atoms with Crippen LogP contribution >= 0.6 is 11.6 Å². The molecule has 3 rings (SSSR count). The number of carbonyl (C=O) groups is 1. The highest BCUT2D eigenvalue weighted by Crippen LogP contribution is 2.31. The van der Waals surface area contributed by atoms with Gasteiger partial charge in [0.1, 0.15) is 0 Å². The van der Waals surface area contributed by atoms with Gasteiger partial charge in [0.15, 0.2) is 5.78 Å². The number of alkyl halides is 3. The summed E-state index contributed by atoms with van der Waals surface area (Å²) >= 11 is 6.43. The van der Waals surface area contributed by atoms with Gasteiger partial charge in [-0.15, -0.1) is 0 Å². The van der Waals surface area contributed by atoms with Crippen LogP contribution in [0.1, 0.15) is 46.8 Å². The predicted molar refractivity (Wildman–Crippen MR) is 114 cm³/mol. The normalized spacial score (nSPS) is 15.2. The lowest BCUT2D eigenvalue weighted by molar-refractivity contribution is -0.142. The first-order chi connectivity index (χ1) is 14.2. The molecule has 162 valence electrons. The summed E-state index contributed by atoms with van der Waals surface area (Å²) in [6.45, 7) is 3.85. The molecule has 2 aromatic rings. The van der Waals surface area contributed by atoms with Crippen molar-refractivity contribution < 1.29 is 18.0 Å². The summed E-state index contributed by atoms with van der Waals surface area (Å²) in [6, 6.07) is 11.0. The summed E-state index contributed by atoms with van der Waals surface area (Å²) in [5.41, 5.74) is 4.87. The lowest BCUT2D eigenvalue weighted by Gasteiger charge is -2.16. The van der Waals surface area contributed by atoms with Crippen molar-refractivity contribution in [1.82, 2.24) is 5.32 Å². The third-order valence-corrected chi connectivity index (χ3v) is 5.66. The van der Waals surface area contributed by atoms with Gasteiger partial charge < -0.3 is 10.6 Å². The average Bonchev–Trinajstić information content (AvgIpc) is 2.91. The highest BCUT2D eigenvalue weighted by Gasteiger charge is 2.30. The fourth-order valence-electron chi connectivity index (χ4n) is 3.84. The van der Waals surface area contributed by atoms with Gasteiger partial charge in [0.2, 0.25) is 0 Å². The lowest BCUT2D eigenvalue weighted by Crippen LogP contribution is -2.16. The summed E-state index contributed by atoms with van der Waals surface area (Å²) in [5.74, 6) is -1.00. The molecule has 0 aromatic heterocycles. The molecule has 0 amide bonds. The molecule has 3 nitrogen and oxygen atoms in total. The zero-order chi connectivity index (χ0) is 21.7. The molecule has 0 radical (unpaired) electrons. The van der Waals surface area contributed by atoms with Crippen LogP contribution in [0.5, 0.6) is 0 Å². The maximum Gasteiger partial charge on any atom is 0.389 e. The van der Waals surface area contributed by atoms with Crippen LogP contribution in [0.25, 0.3) is 0 Å². The van der Waals surface area contributed by atoms with E-state index in [1.54, 1.807) is 12.1 Å². The van der Waals surface area contributed by atoms with E-state index in [4.69, 9.17) is 11.6 Å².